The van der Waals surface area contributed by atoms with E-state index in [-0.39, 0.29) is 12.0 Å². The van der Waals surface area contributed by atoms with E-state index in [0.717, 1.165) is 19.4 Å². The first-order chi connectivity index (χ1) is 7.07. The molecule has 0 aromatic heterocycles. The highest BCUT2D eigenvalue weighted by Crippen LogP contribution is 2.10. The van der Waals surface area contributed by atoms with Gasteiger partial charge in [-0.1, -0.05) is 27.2 Å². The van der Waals surface area contributed by atoms with Crippen molar-refractivity contribution in [3.63, 3.8) is 0 Å². The molecule has 0 rings (SSSR count). The van der Waals surface area contributed by atoms with Crippen LogP contribution in [0.4, 0.5) is 0 Å². The van der Waals surface area contributed by atoms with Crippen molar-refractivity contribution in [2.75, 3.05) is 13.2 Å². The van der Waals surface area contributed by atoms with Crippen molar-refractivity contribution < 1.29 is 14.9 Å². The summed E-state index contributed by atoms with van der Waals surface area (Å²) in [4.78, 5) is 0. The fraction of sp³-hybridized carbons (Fsp3) is 1.00. The monoisotopic (exact) mass is 218 g/mol. The normalized spacial score (nSPS) is 15.6. The lowest BCUT2D eigenvalue weighted by Crippen LogP contribution is -2.21. The van der Waals surface area contributed by atoms with E-state index in [1.54, 1.807) is 0 Å². The van der Waals surface area contributed by atoms with Gasteiger partial charge in [-0.2, -0.15) is 0 Å². The molecule has 2 unspecified atom stereocenters. The third-order valence-corrected chi connectivity index (χ3v) is 2.52. The second-order valence-electron chi connectivity index (χ2n) is 4.47. The van der Waals surface area contributed by atoms with Crippen molar-refractivity contribution >= 4 is 0 Å². The van der Waals surface area contributed by atoms with Crippen molar-refractivity contribution in [1.82, 2.24) is 0 Å². The number of hydrogen-bond acceptors (Lipinski definition) is 3. The molecule has 0 saturated heterocycles. The molecule has 0 fully saturated rings. The molecule has 0 radical (unpaired) electrons. The molecule has 2 N–H and O–H groups in total. The van der Waals surface area contributed by atoms with Gasteiger partial charge < -0.3 is 14.9 Å². The van der Waals surface area contributed by atoms with Gasteiger partial charge in [0.25, 0.3) is 0 Å². The third-order valence-electron chi connectivity index (χ3n) is 2.52. The average Bonchev–Trinajstić information content (AvgIpc) is 2.20. The number of aliphatic hydroxyl groups is 2. The van der Waals surface area contributed by atoms with Gasteiger partial charge in [0.2, 0.25) is 0 Å². The van der Waals surface area contributed by atoms with Crippen LogP contribution in [0.2, 0.25) is 0 Å². The smallest absolute Gasteiger partial charge is 0.0774 e. The average molecular weight is 218 g/mol. The molecule has 0 amide bonds. The lowest BCUT2D eigenvalue weighted by molar-refractivity contribution is 0.0187. The zero-order chi connectivity index (χ0) is 11.7. The predicted molar refractivity (Wildman–Crippen MR) is 61.8 cm³/mol. The molecule has 0 aliphatic carbocycles. The van der Waals surface area contributed by atoms with Gasteiger partial charge in [-0.05, 0) is 25.2 Å². The Morgan fingerprint density at radius 1 is 1.13 bits per heavy atom. The van der Waals surface area contributed by atoms with Crippen molar-refractivity contribution in [3.05, 3.63) is 0 Å². The molecule has 0 saturated carbocycles. The molecule has 0 bridgehead atoms. The van der Waals surface area contributed by atoms with Gasteiger partial charge in [-0.25, -0.2) is 0 Å². The van der Waals surface area contributed by atoms with Gasteiger partial charge in [0.15, 0.2) is 0 Å². The summed E-state index contributed by atoms with van der Waals surface area (Å²) in [5.74, 6) is 0.262. The van der Waals surface area contributed by atoms with Crippen LogP contribution in [-0.2, 0) is 4.74 Å². The zero-order valence-corrected chi connectivity index (χ0v) is 10.3. The second kappa shape index (κ2) is 9.13. The van der Waals surface area contributed by atoms with Crippen LogP contribution in [0.15, 0.2) is 0 Å². The highest BCUT2D eigenvalue weighted by Gasteiger charge is 2.12. The summed E-state index contributed by atoms with van der Waals surface area (Å²) < 4.78 is 5.30. The molecule has 15 heavy (non-hydrogen) atoms. The maximum absolute atomic E-state index is 9.54. The van der Waals surface area contributed by atoms with Crippen molar-refractivity contribution in [2.45, 2.75) is 58.7 Å². The van der Waals surface area contributed by atoms with Gasteiger partial charge in [0.1, 0.15) is 0 Å². The van der Waals surface area contributed by atoms with Gasteiger partial charge in [-0.3, -0.25) is 0 Å². The maximum atomic E-state index is 9.54. The molecule has 0 aliphatic heterocycles. The van der Waals surface area contributed by atoms with Crippen molar-refractivity contribution in [2.24, 2.45) is 5.92 Å². The van der Waals surface area contributed by atoms with Crippen LogP contribution in [0.5, 0.6) is 0 Å². The van der Waals surface area contributed by atoms with Gasteiger partial charge in [-0.15, -0.1) is 0 Å². The number of rotatable bonds is 9. The predicted octanol–water partition coefficient (Wildman–Crippen LogP) is 1.96. The molecule has 0 spiro atoms. The minimum absolute atomic E-state index is 0.262. The van der Waals surface area contributed by atoms with Crippen LogP contribution in [0.25, 0.3) is 0 Å². The molecule has 0 aromatic carbocycles. The molecule has 92 valence electrons. The molecule has 3 heteroatoms. The van der Waals surface area contributed by atoms with Gasteiger partial charge >= 0.3 is 0 Å². The van der Waals surface area contributed by atoms with Gasteiger partial charge in [0.05, 0.1) is 18.8 Å². The van der Waals surface area contributed by atoms with E-state index in [1.807, 2.05) is 13.8 Å². The summed E-state index contributed by atoms with van der Waals surface area (Å²) in [6.45, 7) is 7.19. The Morgan fingerprint density at radius 3 is 2.33 bits per heavy atom. The third kappa shape index (κ3) is 8.85. The molecular formula is C12H26O3. The summed E-state index contributed by atoms with van der Waals surface area (Å²) in [6.07, 6.45) is 2.68. The molecule has 0 aliphatic rings. The first-order valence-electron chi connectivity index (χ1n) is 6.01. The maximum Gasteiger partial charge on any atom is 0.0774 e. The fourth-order valence-corrected chi connectivity index (χ4v) is 1.25. The fourth-order valence-electron chi connectivity index (χ4n) is 1.25. The van der Waals surface area contributed by atoms with E-state index < -0.39 is 6.10 Å². The lowest BCUT2D eigenvalue weighted by atomic mass is 10.0. The Balaban J connectivity index is 3.36. The van der Waals surface area contributed by atoms with E-state index in [4.69, 9.17) is 4.74 Å². The molecule has 3 nitrogen and oxygen atoms in total. The summed E-state index contributed by atoms with van der Waals surface area (Å²) in [6, 6.07) is 0. The standard InChI is InChI=1S/C12H26O3/c1-4-5-8-15-9-11(13)6-7-12(14)10(2)3/h10-14H,4-9H2,1-3H3. The number of ether oxygens (including phenoxy) is 1. The van der Waals surface area contributed by atoms with Crippen LogP contribution >= 0.6 is 0 Å². The Hall–Kier alpha value is -0.120. The largest absolute Gasteiger partial charge is 0.393 e. The zero-order valence-electron chi connectivity index (χ0n) is 10.3. The molecule has 0 heterocycles. The molecular weight excluding hydrogens is 192 g/mol. The molecule has 2 atom stereocenters. The minimum Gasteiger partial charge on any atom is -0.393 e. The Morgan fingerprint density at radius 2 is 1.80 bits per heavy atom. The lowest BCUT2D eigenvalue weighted by Gasteiger charge is -2.16. The molecule has 0 aromatic rings. The summed E-state index contributed by atoms with van der Waals surface area (Å²) in [7, 11) is 0. The Kier molecular flexibility index (Phi) is 9.06. The first-order valence-corrected chi connectivity index (χ1v) is 6.01. The first kappa shape index (κ1) is 14.9. The highest BCUT2D eigenvalue weighted by molar-refractivity contribution is 4.63. The number of unbranched alkanes of at least 4 members (excludes halogenated alkanes) is 1. The SMILES string of the molecule is CCCCOCC(O)CCC(O)C(C)C. The number of hydrogen-bond donors (Lipinski definition) is 2. The summed E-state index contributed by atoms with van der Waals surface area (Å²) in [5.41, 5.74) is 0. The van der Waals surface area contributed by atoms with E-state index >= 15 is 0 Å². The minimum atomic E-state index is -0.435. The summed E-state index contributed by atoms with van der Waals surface area (Å²) in [5, 5.41) is 19.1. The topological polar surface area (TPSA) is 49.7 Å². The summed E-state index contributed by atoms with van der Waals surface area (Å²) >= 11 is 0. The number of aliphatic hydroxyl groups excluding tert-OH is 2. The van der Waals surface area contributed by atoms with Crippen molar-refractivity contribution in [1.29, 1.82) is 0 Å². The van der Waals surface area contributed by atoms with Gasteiger partial charge in [0, 0.05) is 6.61 Å². The van der Waals surface area contributed by atoms with Crippen LogP contribution in [0.3, 0.4) is 0 Å². The second-order valence-corrected chi connectivity index (χ2v) is 4.47. The van der Waals surface area contributed by atoms with Crippen molar-refractivity contribution in [3.8, 4) is 0 Å². The van der Waals surface area contributed by atoms with E-state index in [1.165, 1.54) is 0 Å². The Bertz CT molecular complexity index is 137. The van der Waals surface area contributed by atoms with E-state index in [0.29, 0.717) is 19.4 Å². The quantitative estimate of drug-likeness (QED) is 0.582. The van der Waals surface area contributed by atoms with Crippen LogP contribution < -0.4 is 0 Å². The van der Waals surface area contributed by atoms with E-state index in [2.05, 4.69) is 6.92 Å². The van der Waals surface area contributed by atoms with Crippen LogP contribution in [0.1, 0.15) is 46.5 Å². The Labute approximate surface area is 93.5 Å². The van der Waals surface area contributed by atoms with Crippen LogP contribution in [0, 0.1) is 5.92 Å². The highest BCUT2D eigenvalue weighted by atomic mass is 16.5. The van der Waals surface area contributed by atoms with E-state index in [9.17, 15) is 10.2 Å². The van der Waals surface area contributed by atoms with Crippen LogP contribution in [-0.4, -0.2) is 35.6 Å².